The molecule has 1 unspecified atom stereocenters. The maximum atomic E-state index is 14.3. The zero-order valence-electron chi connectivity index (χ0n) is 18.1. The maximum absolute atomic E-state index is 14.3. The van der Waals surface area contributed by atoms with Crippen LogP contribution in [0.3, 0.4) is 0 Å². The fourth-order valence-corrected chi connectivity index (χ4v) is 3.19. The lowest BCUT2D eigenvalue weighted by Crippen LogP contribution is -2.28. The molecule has 182 valence electrons. The van der Waals surface area contributed by atoms with Gasteiger partial charge in [-0.2, -0.15) is 18.3 Å². The predicted octanol–water partition coefficient (Wildman–Crippen LogP) is 4.10. The van der Waals surface area contributed by atoms with Crippen LogP contribution in [-0.4, -0.2) is 34.0 Å². The van der Waals surface area contributed by atoms with Gasteiger partial charge in [-0.15, -0.1) is 0 Å². The number of hydrogen-bond acceptors (Lipinski definition) is 4. The summed E-state index contributed by atoms with van der Waals surface area (Å²) < 4.78 is 73.5. The van der Waals surface area contributed by atoms with Crippen LogP contribution in [0.15, 0.2) is 48.5 Å². The second-order valence-electron chi connectivity index (χ2n) is 7.48. The van der Waals surface area contributed by atoms with Crippen molar-refractivity contribution in [3.05, 3.63) is 82.7 Å². The van der Waals surface area contributed by atoms with E-state index in [4.69, 9.17) is 9.84 Å². The van der Waals surface area contributed by atoms with Gasteiger partial charge in [-0.3, -0.25) is 4.79 Å². The Morgan fingerprint density at radius 1 is 1.18 bits per heavy atom. The SMILES string of the molecule is CC(C(=O)NCc1cc(C(F)(F)F)nn1-c1cccc(F)c1)c1ccc(COCCO)c(F)c1. The first-order valence-electron chi connectivity index (χ1n) is 10.3. The van der Waals surface area contributed by atoms with E-state index in [0.717, 1.165) is 22.9 Å². The zero-order chi connectivity index (χ0) is 24.9. The minimum Gasteiger partial charge on any atom is -0.394 e. The van der Waals surface area contributed by atoms with E-state index in [-0.39, 0.29) is 43.3 Å². The minimum atomic E-state index is -4.73. The number of alkyl halides is 3. The quantitative estimate of drug-likeness (QED) is 0.355. The second-order valence-corrected chi connectivity index (χ2v) is 7.48. The van der Waals surface area contributed by atoms with Gasteiger partial charge in [0.15, 0.2) is 5.69 Å². The van der Waals surface area contributed by atoms with E-state index in [1.807, 2.05) is 0 Å². The van der Waals surface area contributed by atoms with Crippen molar-refractivity contribution in [2.75, 3.05) is 13.2 Å². The smallest absolute Gasteiger partial charge is 0.394 e. The Morgan fingerprint density at radius 3 is 2.59 bits per heavy atom. The Balaban J connectivity index is 1.75. The number of amides is 1. The van der Waals surface area contributed by atoms with Gasteiger partial charge in [0, 0.05) is 5.56 Å². The van der Waals surface area contributed by atoms with Gasteiger partial charge in [0.2, 0.25) is 5.91 Å². The van der Waals surface area contributed by atoms with Crippen molar-refractivity contribution in [3.8, 4) is 5.69 Å². The summed E-state index contributed by atoms with van der Waals surface area (Å²) in [7, 11) is 0. The third kappa shape index (κ3) is 6.17. The molecule has 2 N–H and O–H groups in total. The van der Waals surface area contributed by atoms with Gasteiger partial charge in [0.1, 0.15) is 11.6 Å². The van der Waals surface area contributed by atoms with Crippen LogP contribution >= 0.6 is 0 Å². The van der Waals surface area contributed by atoms with Crippen LogP contribution in [0.4, 0.5) is 22.0 Å². The van der Waals surface area contributed by atoms with Crippen molar-refractivity contribution in [2.24, 2.45) is 0 Å². The molecule has 1 atom stereocenters. The van der Waals surface area contributed by atoms with Crippen LogP contribution in [0.25, 0.3) is 5.69 Å². The molecule has 3 aromatic rings. The maximum Gasteiger partial charge on any atom is 0.435 e. The van der Waals surface area contributed by atoms with Crippen molar-refractivity contribution in [2.45, 2.75) is 32.2 Å². The monoisotopic (exact) mass is 483 g/mol. The Hall–Kier alpha value is -3.31. The lowest BCUT2D eigenvalue weighted by atomic mass is 9.98. The number of hydrogen-bond donors (Lipinski definition) is 2. The summed E-state index contributed by atoms with van der Waals surface area (Å²) in [5.74, 6) is -2.61. The molecule has 0 saturated carbocycles. The van der Waals surface area contributed by atoms with Crippen molar-refractivity contribution >= 4 is 5.91 Å². The van der Waals surface area contributed by atoms with E-state index in [9.17, 15) is 26.7 Å². The zero-order valence-corrected chi connectivity index (χ0v) is 18.1. The lowest BCUT2D eigenvalue weighted by Gasteiger charge is -2.15. The van der Waals surface area contributed by atoms with E-state index >= 15 is 0 Å². The van der Waals surface area contributed by atoms with Gasteiger partial charge >= 0.3 is 6.18 Å². The van der Waals surface area contributed by atoms with Crippen LogP contribution in [0.5, 0.6) is 0 Å². The molecule has 0 bridgehead atoms. The Labute approximate surface area is 192 Å². The largest absolute Gasteiger partial charge is 0.435 e. The van der Waals surface area contributed by atoms with Gasteiger partial charge < -0.3 is 15.2 Å². The first-order valence-corrected chi connectivity index (χ1v) is 10.3. The lowest BCUT2D eigenvalue weighted by molar-refractivity contribution is -0.141. The normalized spacial score (nSPS) is 12.6. The molecule has 0 spiro atoms. The minimum absolute atomic E-state index is 0.0129. The van der Waals surface area contributed by atoms with Gasteiger partial charge in [-0.1, -0.05) is 18.2 Å². The molecule has 1 amide bonds. The van der Waals surface area contributed by atoms with Gasteiger partial charge in [0.05, 0.1) is 43.7 Å². The summed E-state index contributed by atoms with van der Waals surface area (Å²) in [6.45, 7) is 1.02. The first kappa shape index (κ1) is 25.3. The number of halogens is 5. The molecule has 1 heterocycles. The molecule has 3 rings (SSSR count). The number of carbonyl (C=O) groups is 1. The molecule has 0 fully saturated rings. The topological polar surface area (TPSA) is 76.4 Å². The number of aromatic nitrogens is 2. The highest BCUT2D eigenvalue weighted by atomic mass is 19.4. The van der Waals surface area contributed by atoms with Gasteiger partial charge in [-0.25, -0.2) is 13.5 Å². The molecule has 1 aromatic heterocycles. The molecule has 0 aliphatic rings. The average molecular weight is 483 g/mol. The molecule has 0 radical (unpaired) electrons. The number of nitrogens with zero attached hydrogens (tertiary/aromatic N) is 2. The average Bonchev–Trinajstić information content (AvgIpc) is 3.23. The number of rotatable bonds is 9. The molecule has 0 saturated heterocycles. The highest BCUT2D eigenvalue weighted by Crippen LogP contribution is 2.30. The van der Waals surface area contributed by atoms with Crippen molar-refractivity contribution in [1.82, 2.24) is 15.1 Å². The molecule has 34 heavy (non-hydrogen) atoms. The highest BCUT2D eigenvalue weighted by Gasteiger charge is 2.35. The van der Waals surface area contributed by atoms with Crippen molar-refractivity contribution in [1.29, 1.82) is 0 Å². The standard InChI is InChI=1S/C23H22F5N3O3/c1-14(15-5-6-16(20(25)9-15)13-34-8-7-32)22(33)29-12-19-11-21(23(26,27)28)30-31(19)18-4-2-3-17(24)10-18/h2-6,9-11,14,32H,7-8,12-13H2,1H3,(H,29,33). The molecule has 11 heteroatoms. The molecule has 0 aliphatic heterocycles. The number of aliphatic hydroxyl groups excluding tert-OH is 1. The Kier molecular flexibility index (Phi) is 8.00. The van der Waals surface area contributed by atoms with Crippen LogP contribution in [0.2, 0.25) is 0 Å². The van der Waals surface area contributed by atoms with Gasteiger partial charge in [-0.05, 0) is 42.8 Å². The molecular weight excluding hydrogens is 461 g/mol. The summed E-state index contributed by atoms with van der Waals surface area (Å²) in [6.07, 6.45) is -4.73. The molecular formula is C23H22F5N3O3. The van der Waals surface area contributed by atoms with Crippen LogP contribution < -0.4 is 5.32 Å². The summed E-state index contributed by atoms with van der Waals surface area (Å²) in [5, 5.41) is 14.8. The predicted molar refractivity (Wildman–Crippen MR) is 112 cm³/mol. The third-order valence-corrected chi connectivity index (χ3v) is 5.03. The first-order chi connectivity index (χ1) is 16.1. The van der Waals surface area contributed by atoms with Crippen LogP contribution in [0, 0.1) is 11.6 Å². The van der Waals surface area contributed by atoms with E-state index < -0.39 is 35.3 Å². The highest BCUT2D eigenvalue weighted by molar-refractivity contribution is 5.83. The summed E-state index contributed by atoms with van der Waals surface area (Å²) >= 11 is 0. The fraction of sp³-hybridized carbons (Fsp3) is 0.304. The van der Waals surface area contributed by atoms with Crippen LogP contribution in [0.1, 0.15) is 35.4 Å². The van der Waals surface area contributed by atoms with Gasteiger partial charge in [0.25, 0.3) is 0 Å². The number of benzene rings is 2. The molecule has 6 nitrogen and oxygen atoms in total. The summed E-state index contributed by atoms with van der Waals surface area (Å²) in [6, 6.07) is 9.84. The number of ether oxygens (including phenoxy) is 1. The molecule has 0 aliphatic carbocycles. The van der Waals surface area contributed by atoms with E-state index in [0.29, 0.717) is 5.56 Å². The number of carbonyl (C=O) groups excluding carboxylic acids is 1. The van der Waals surface area contributed by atoms with E-state index in [1.165, 1.54) is 31.2 Å². The number of aliphatic hydroxyl groups is 1. The van der Waals surface area contributed by atoms with E-state index in [2.05, 4.69) is 10.4 Å². The van der Waals surface area contributed by atoms with Crippen molar-refractivity contribution in [3.63, 3.8) is 0 Å². The summed E-state index contributed by atoms with van der Waals surface area (Å²) in [4.78, 5) is 12.6. The Bertz CT molecular complexity index is 1150. The third-order valence-electron chi connectivity index (χ3n) is 5.03. The Morgan fingerprint density at radius 2 is 1.94 bits per heavy atom. The van der Waals surface area contributed by atoms with E-state index in [1.54, 1.807) is 6.07 Å². The number of nitrogens with one attached hydrogen (secondary N) is 1. The second kappa shape index (κ2) is 10.7. The fourth-order valence-electron chi connectivity index (χ4n) is 3.19. The molecule has 2 aromatic carbocycles. The van der Waals surface area contributed by atoms with Crippen LogP contribution in [-0.2, 0) is 28.9 Å². The van der Waals surface area contributed by atoms with Crippen molar-refractivity contribution < 1.29 is 36.6 Å². The summed E-state index contributed by atoms with van der Waals surface area (Å²) in [5.41, 5.74) is -0.524.